The fourth-order valence-corrected chi connectivity index (χ4v) is 1.71. The standard InChI is InChI=1S/C11H5NO4/c12-8-5-1-2-7(13)16-11(5)9(14)10-6(8)3-4-15-10/h1-4,12H. The maximum atomic E-state index is 11.8. The predicted octanol–water partition coefficient (Wildman–Crippen LogP) is 1.19. The molecule has 5 nitrogen and oxygen atoms in total. The van der Waals surface area contributed by atoms with E-state index in [1.807, 2.05) is 0 Å². The van der Waals surface area contributed by atoms with Crippen LogP contribution in [0.2, 0.25) is 0 Å². The molecule has 5 heteroatoms. The summed E-state index contributed by atoms with van der Waals surface area (Å²) in [4.78, 5) is 22.9. The molecule has 2 aromatic heterocycles. The molecule has 0 saturated heterocycles. The third kappa shape index (κ3) is 0.967. The first-order chi connectivity index (χ1) is 7.68. The Morgan fingerprint density at radius 2 is 1.75 bits per heavy atom. The first kappa shape index (κ1) is 8.84. The summed E-state index contributed by atoms with van der Waals surface area (Å²) >= 11 is 0. The number of nitrogens with one attached hydrogen (secondary N) is 1. The van der Waals surface area contributed by atoms with Crippen LogP contribution in [0.25, 0.3) is 0 Å². The van der Waals surface area contributed by atoms with E-state index >= 15 is 0 Å². The van der Waals surface area contributed by atoms with Crippen LogP contribution in [0.15, 0.2) is 38.1 Å². The predicted molar refractivity (Wildman–Crippen MR) is 53.0 cm³/mol. The second kappa shape index (κ2) is 2.79. The Morgan fingerprint density at radius 1 is 1.00 bits per heavy atom. The van der Waals surface area contributed by atoms with Gasteiger partial charge in [-0.1, -0.05) is 0 Å². The zero-order chi connectivity index (χ0) is 11.3. The number of hydrogen-bond donors (Lipinski definition) is 1. The molecule has 0 amide bonds. The summed E-state index contributed by atoms with van der Waals surface area (Å²) < 4.78 is 9.79. The van der Waals surface area contributed by atoms with Gasteiger partial charge in [0.2, 0.25) is 0 Å². The van der Waals surface area contributed by atoms with Crippen LogP contribution >= 0.6 is 0 Å². The van der Waals surface area contributed by atoms with Crippen LogP contribution in [0, 0.1) is 5.41 Å². The molecule has 0 aliphatic heterocycles. The van der Waals surface area contributed by atoms with E-state index in [1.54, 1.807) is 6.07 Å². The molecule has 2 aromatic rings. The summed E-state index contributed by atoms with van der Waals surface area (Å²) in [7, 11) is 0. The molecular weight excluding hydrogens is 210 g/mol. The fraction of sp³-hybridized carbons (Fsp3) is 0. The minimum atomic E-state index is -0.616. The van der Waals surface area contributed by atoms with Crippen molar-refractivity contribution in [2.24, 2.45) is 0 Å². The highest BCUT2D eigenvalue weighted by molar-refractivity contribution is 6.27. The monoisotopic (exact) mass is 215 g/mol. The van der Waals surface area contributed by atoms with Gasteiger partial charge in [-0.15, -0.1) is 0 Å². The quantitative estimate of drug-likeness (QED) is 0.610. The highest BCUT2D eigenvalue weighted by Gasteiger charge is 2.32. The number of fused-ring (bicyclic) bond motifs is 2. The summed E-state index contributed by atoms with van der Waals surface area (Å²) in [5, 5.41) is 7.86. The average Bonchev–Trinajstić information content (AvgIpc) is 2.75. The Bertz CT molecular complexity index is 677. The van der Waals surface area contributed by atoms with Gasteiger partial charge in [-0.05, 0) is 12.1 Å². The molecule has 0 radical (unpaired) electrons. The van der Waals surface area contributed by atoms with Crippen molar-refractivity contribution < 1.29 is 13.6 Å². The van der Waals surface area contributed by atoms with Crippen molar-refractivity contribution in [1.29, 1.82) is 5.41 Å². The lowest BCUT2D eigenvalue weighted by atomic mass is 9.93. The highest BCUT2D eigenvalue weighted by atomic mass is 16.4. The van der Waals surface area contributed by atoms with Gasteiger partial charge in [0.25, 0.3) is 5.78 Å². The SMILES string of the molecule is N=C1c2ccoc2C(=O)c2oc(=O)ccc21. The average molecular weight is 215 g/mol. The molecule has 0 unspecified atom stereocenters. The normalized spacial score (nSPS) is 13.5. The number of hydrogen-bond acceptors (Lipinski definition) is 5. The fourth-order valence-electron chi connectivity index (χ4n) is 1.71. The van der Waals surface area contributed by atoms with Crippen LogP contribution in [0.4, 0.5) is 0 Å². The Balaban J connectivity index is 2.38. The molecule has 1 aliphatic carbocycles. The Morgan fingerprint density at radius 3 is 2.56 bits per heavy atom. The van der Waals surface area contributed by atoms with Crippen molar-refractivity contribution in [2.75, 3.05) is 0 Å². The maximum absolute atomic E-state index is 11.8. The van der Waals surface area contributed by atoms with Crippen LogP contribution in [0.1, 0.15) is 27.4 Å². The van der Waals surface area contributed by atoms with E-state index in [1.165, 1.54) is 18.4 Å². The second-order valence-electron chi connectivity index (χ2n) is 3.36. The largest absolute Gasteiger partial charge is 0.460 e. The molecule has 1 aliphatic rings. The van der Waals surface area contributed by atoms with E-state index in [2.05, 4.69) is 0 Å². The third-order valence-electron chi connectivity index (χ3n) is 2.45. The van der Waals surface area contributed by atoms with E-state index in [-0.39, 0.29) is 17.2 Å². The lowest BCUT2D eigenvalue weighted by Crippen LogP contribution is -2.21. The zero-order valence-corrected chi connectivity index (χ0v) is 7.94. The van der Waals surface area contributed by atoms with Crippen molar-refractivity contribution >= 4 is 11.5 Å². The topological polar surface area (TPSA) is 84.3 Å². The number of carbonyl (C=O) groups excluding carboxylic acids is 1. The molecule has 0 atom stereocenters. The first-order valence-corrected chi connectivity index (χ1v) is 4.54. The van der Waals surface area contributed by atoms with Crippen LogP contribution in [-0.4, -0.2) is 11.5 Å². The number of rotatable bonds is 0. The minimum Gasteiger partial charge on any atom is -0.460 e. The molecule has 0 bridgehead atoms. The van der Waals surface area contributed by atoms with E-state index in [4.69, 9.17) is 14.2 Å². The van der Waals surface area contributed by atoms with Gasteiger partial charge < -0.3 is 8.83 Å². The molecule has 1 N–H and O–H groups in total. The van der Waals surface area contributed by atoms with Gasteiger partial charge >= 0.3 is 5.63 Å². The summed E-state index contributed by atoms with van der Waals surface area (Å²) in [6, 6.07) is 4.15. The third-order valence-corrected chi connectivity index (χ3v) is 2.45. The van der Waals surface area contributed by atoms with Crippen molar-refractivity contribution in [3.8, 4) is 0 Å². The van der Waals surface area contributed by atoms with Gasteiger partial charge in [0.1, 0.15) is 0 Å². The summed E-state index contributed by atoms with van der Waals surface area (Å²) in [5.41, 5.74) is 0.252. The second-order valence-corrected chi connectivity index (χ2v) is 3.36. The number of furan rings is 1. The molecule has 0 fully saturated rings. The van der Waals surface area contributed by atoms with Crippen molar-refractivity contribution in [2.45, 2.75) is 0 Å². The van der Waals surface area contributed by atoms with Gasteiger partial charge in [-0.2, -0.15) is 0 Å². The molecule has 0 saturated carbocycles. The minimum absolute atomic E-state index is 0.0480. The van der Waals surface area contributed by atoms with Gasteiger partial charge in [0.05, 0.1) is 17.5 Å². The Hall–Kier alpha value is -2.43. The Labute approximate surface area is 88.8 Å². The molecule has 0 spiro atoms. The number of carbonyl (C=O) groups is 1. The van der Waals surface area contributed by atoms with Gasteiger partial charge in [-0.25, -0.2) is 4.79 Å². The van der Waals surface area contributed by atoms with E-state index in [0.29, 0.717) is 11.1 Å². The summed E-state index contributed by atoms with van der Waals surface area (Å²) in [6.07, 6.45) is 1.33. The van der Waals surface area contributed by atoms with Crippen LogP contribution in [0.5, 0.6) is 0 Å². The van der Waals surface area contributed by atoms with Gasteiger partial charge in [0.15, 0.2) is 11.5 Å². The van der Waals surface area contributed by atoms with Crippen molar-refractivity contribution in [3.05, 3.63) is 57.5 Å². The van der Waals surface area contributed by atoms with Crippen molar-refractivity contribution in [1.82, 2.24) is 0 Å². The molecular formula is C11H5NO4. The van der Waals surface area contributed by atoms with Crippen LogP contribution in [0.3, 0.4) is 0 Å². The van der Waals surface area contributed by atoms with E-state index in [9.17, 15) is 9.59 Å². The lowest BCUT2D eigenvalue weighted by molar-refractivity contribution is 0.0976. The number of ketones is 1. The first-order valence-electron chi connectivity index (χ1n) is 4.54. The molecule has 3 rings (SSSR count). The van der Waals surface area contributed by atoms with Crippen LogP contribution < -0.4 is 5.63 Å². The maximum Gasteiger partial charge on any atom is 0.336 e. The Kier molecular flexibility index (Phi) is 1.54. The molecule has 78 valence electrons. The smallest absolute Gasteiger partial charge is 0.336 e. The molecule has 2 heterocycles. The molecule has 16 heavy (non-hydrogen) atoms. The van der Waals surface area contributed by atoms with Crippen LogP contribution in [-0.2, 0) is 0 Å². The van der Waals surface area contributed by atoms with Gasteiger partial charge in [0, 0.05) is 11.6 Å². The van der Waals surface area contributed by atoms with E-state index < -0.39 is 11.4 Å². The van der Waals surface area contributed by atoms with Crippen molar-refractivity contribution in [3.63, 3.8) is 0 Å². The highest BCUT2D eigenvalue weighted by Crippen LogP contribution is 2.26. The zero-order valence-electron chi connectivity index (χ0n) is 7.94. The van der Waals surface area contributed by atoms with E-state index in [0.717, 1.165) is 0 Å². The lowest BCUT2D eigenvalue weighted by Gasteiger charge is -2.12. The summed E-state index contributed by atoms with van der Waals surface area (Å²) in [5.74, 6) is -0.574. The van der Waals surface area contributed by atoms with Gasteiger partial charge in [-0.3, -0.25) is 10.2 Å². The summed E-state index contributed by atoms with van der Waals surface area (Å²) in [6.45, 7) is 0. The molecule has 0 aromatic carbocycles.